The second kappa shape index (κ2) is 7.52. The number of ether oxygens (including phenoxy) is 1. The van der Waals surface area contributed by atoms with Crippen LogP contribution >= 0.6 is 0 Å². The second-order valence-electron chi connectivity index (χ2n) is 6.57. The van der Waals surface area contributed by atoms with Gasteiger partial charge in [0, 0.05) is 18.7 Å². The molecule has 0 saturated heterocycles. The third-order valence-electron chi connectivity index (χ3n) is 4.89. The molecule has 3 aromatic rings. The Labute approximate surface area is 162 Å². The van der Waals surface area contributed by atoms with Crippen LogP contribution in [0.4, 0.5) is 10.5 Å². The molecular weight excluding hydrogens is 356 g/mol. The van der Waals surface area contributed by atoms with Gasteiger partial charge in [-0.05, 0) is 35.2 Å². The summed E-state index contributed by atoms with van der Waals surface area (Å²) in [6.45, 7) is 0.530. The first-order valence-corrected chi connectivity index (χ1v) is 8.99. The lowest BCUT2D eigenvalue weighted by Gasteiger charge is -2.36. The van der Waals surface area contributed by atoms with Gasteiger partial charge in [-0.15, -0.1) is 0 Å². The van der Waals surface area contributed by atoms with Crippen LogP contribution in [0, 0.1) is 10.1 Å². The van der Waals surface area contributed by atoms with E-state index in [1.165, 1.54) is 29.8 Å². The van der Waals surface area contributed by atoms with Crippen molar-refractivity contribution in [2.75, 3.05) is 6.54 Å². The molecule has 1 aliphatic heterocycles. The maximum Gasteiger partial charge on any atom is 0.416 e. The number of amides is 1. The highest BCUT2D eigenvalue weighted by molar-refractivity contribution is 5.73. The zero-order valence-corrected chi connectivity index (χ0v) is 15.0. The molecule has 3 aromatic carbocycles. The van der Waals surface area contributed by atoms with Crippen molar-refractivity contribution in [3.63, 3.8) is 0 Å². The standard InChI is InChI=1S/C22H18N2O4/c25-22(28-19-12-10-18(11-13-19)24(26)27)23-15-14-16-6-4-5-9-20(16)21(23)17-7-2-1-3-8-17/h1-13,21H,14-15H2/t21-/m0/s1. The van der Waals surface area contributed by atoms with E-state index in [1.54, 1.807) is 4.90 Å². The van der Waals surface area contributed by atoms with Crippen LogP contribution < -0.4 is 4.74 Å². The van der Waals surface area contributed by atoms with E-state index in [-0.39, 0.29) is 17.5 Å². The van der Waals surface area contributed by atoms with E-state index in [4.69, 9.17) is 4.74 Å². The van der Waals surface area contributed by atoms with Crippen molar-refractivity contribution in [2.45, 2.75) is 12.5 Å². The van der Waals surface area contributed by atoms with Gasteiger partial charge in [0.15, 0.2) is 0 Å². The summed E-state index contributed by atoms with van der Waals surface area (Å²) in [4.78, 5) is 25.0. The predicted molar refractivity (Wildman–Crippen MR) is 104 cm³/mol. The van der Waals surface area contributed by atoms with E-state index in [1.807, 2.05) is 48.5 Å². The Morgan fingerprint density at radius 1 is 0.964 bits per heavy atom. The Hall–Kier alpha value is -3.67. The molecule has 0 fully saturated rings. The third-order valence-corrected chi connectivity index (χ3v) is 4.89. The van der Waals surface area contributed by atoms with Crippen molar-refractivity contribution in [1.82, 2.24) is 4.90 Å². The van der Waals surface area contributed by atoms with Crippen molar-refractivity contribution in [1.29, 1.82) is 0 Å². The van der Waals surface area contributed by atoms with Crippen LogP contribution in [0.15, 0.2) is 78.9 Å². The molecule has 6 nitrogen and oxygen atoms in total. The van der Waals surface area contributed by atoms with E-state index in [0.717, 1.165) is 17.5 Å². The molecule has 0 spiro atoms. The average molecular weight is 374 g/mol. The molecule has 0 aromatic heterocycles. The SMILES string of the molecule is O=C(Oc1ccc([N+](=O)[O-])cc1)N1CCc2ccccc2[C@@H]1c1ccccc1. The summed E-state index contributed by atoms with van der Waals surface area (Å²) in [5.41, 5.74) is 3.26. The number of non-ortho nitro benzene ring substituents is 1. The fourth-order valence-corrected chi connectivity index (χ4v) is 3.55. The topological polar surface area (TPSA) is 72.7 Å². The lowest BCUT2D eigenvalue weighted by molar-refractivity contribution is -0.384. The van der Waals surface area contributed by atoms with E-state index < -0.39 is 11.0 Å². The quantitative estimate of drug-likeness (QED) is 0.490. The highest BCUT2D eigenvalue weighted by Crippen LogP contribution is 2.35. The molecule has 4 rings (SSSR count). The second-order valence-corrected chi connectivity index (χ2v) is 6.57. The molecule has 0 aliphatic carbocycles. The number of nitrogens with zero attached hydrogens (tertiary/aromatic N) is 2. The van der Waals surface area contributed by atoms with Gasteiger partial charge in [0.05, 0.1) is 11.0 Å². The minimum atomic E-state index is -0.487. The van der Waals surface area contributed by atoms with Crippen molar-refractivity contribution in [2.24, 2.45) is 0 Å². The monoisotopic (exact) mass is 374 g/mol. The highest BCUT2D eigenvalue weighted by atomic mass is 16.6. The lowest BCUT2D eigenvalue weighted by Crippen LogP contribution is -2.42. The minimum absolute atomic E-state index is 0.0474. The zero-order valence-electron chi connectivity index (χ0n) is 15.0. The summed E-state index contributed by atoms with van der Waals surface area (Å²) >= 11 is 0. The summed E-state index contributed by atoms with van der Waals surface area (Å²) in [6, 6.07) is 23.2. The zero-order chi connectivity index (χ0) is 19.5. The van der Waals surface area contributed by atoms with Crippen molar-refractivity contribution >= 4 is 11.8 Å². The summed E-state index contributed by atoms with van der Waals surface area (Å²) in [6.07, 6.45) is 0.270. The number of hydrogen-bond acceptors (Lipinski definition) is 4. The van der Waals surface area contributed by atoms with Gasteiger partial charge in [-0.25, -0.2) is 4.79 Å². The summed E-state index contributed by atoms with van der Waals surface area (Å²) in [5, 5.41) is 10.8. The molecule has 1 amide bonds. The van der Waals surface area contributed by atoms with Crippen molar-refractivity contribution in [3.05, 3.63) is 106 Å². The maximum atomic E-state index is 12.9. The summed E-state index contributed by atoms with van der Waals surface area (Å²) in [7, 11) is 0. The number of carbonyl (C=O) groups excluding carboxylic acids is 1. The van der Waals surface area contributed by atoms with Gasteiger partial charge < -0.3 is 4.74 Å². The number of hydrogen-bond donors (Lipinski definition) is 0. The largest absolute Gasteiger partial charge is 0.416 e. The maximum absolute atomic E-state index is 12.9. The van der Waals surface area contributed by atoms with Gasteiger partial charge >= 0.3 is 6.09 Å². The average Bonchev–Trinajstić information content (AvgIpc) is 2.74. The Morgan fingerprint density at radius 2 is 1.64 bits per heavy atom. The predicted octanol–water partition coefficient (Wildman–Crippen LogP) is 4.74. The number of nitro groups is 1. The van der Waals surface area contributed by atoms with Crippen LogP contribution in [0.25, 0.3) is 0 Å². The molecule has 28 heavy (non-hydrogen) atoms. The summed E-state index contributed by atoms with van der Waals surface area (Å²) < 4.78 is 5.52. The first-order valence-electron chi connectivity index (χ1n) is 8.99. The van der Waals surface area contributed by atoms with E-state index in [2.05, 4.69) is 6.07 Å². The van der Waals surface area contributed by atoms with Gasteiger partial charge in [-0.1, -0.05) is 54.6 Å². The fraction of sp³-hybridized carbons (Fsp3) is 0.136. The van der Waals surface area contributed by atoms with E-state index in [9.17, 15) is 14.9 Å². The van der Waals surface area contributed by atoms with Gasteiger partial charge in [-0.2, -0.15) is 0 Å². The Morgan fingerprint density at radius 3 is 2.36 bits per heavy atom. The molecule has 1 atom stereocenters. The molecule has 0 radical (unpaired) electrons. The molecule has 0 N–H and O–H groups in total. The normalized spacial score (nSPS) is 15.6. The van der Waals surface area contributed by atoms with Crippen LogP contribution in [0.3, 0.4) is 0 Å². The molecule has 0 bridgehead atoms. The number of carbonyl (C=O) groups is 1. The molecule has 1 heterocycles. The van der Waals surface area contributed by atoms with Crippen LogP contribution in [-0.2, 0) is 6.42 Å². The molecule has 6 heteroatoms. The van der Waals surface area contributed by atoms with Crippen LogP contribution in [0.1, 0.15) is 22.7 Å². The first kappa shape index (κ1) is 17.7. The summed E-state index contributed by atoms with van der Waals surface area (Å²) in [5.74, 6) is 0.279. The first-order chi connectivity index (χ1) is 13.6. The van der Waals surface area contributed by atoms with E-state index >= 15 is 0 Å². The van der Waals surface area contributed by atoms with Crippen LogP contribution in [-0.4, -0.2) is 22.5 Å². The Kier molecular flexibility index (Phi) is 4.76. The van der Waals surface area contributed by atoms with Gasteiger partial charge in [-0.3, -0.25) is 15.0 Å². The number of rotatable bonds is 3. The lowest BCUT2D eigenvalue weighted by atomic mass is 9.88. The van der Waals surface area contributed by atoms with E-state index in [0.29, 0.717) is 6.54 Å². The Bertz CT molecular complexity index is 1000. The minimum Gasteiger partial charge on any atom is -0.410 e. The third kappa shape index (κ3) is 3.44. The molecule has 0 unspecified atom stereocenters. The van der Waals surface area contributed by atoms with Crippen LogP contribution in [0.5, 0.6) is 5.75 Å². The van der Waals surface area contributed by atoms with Crippen molar-refractivity contribution < 1.29 is 14.5 Å². The van der Waals surface area contributed by atoms with Gasteiger partial charge in [0.25, 0.3) is 5.69 Å². The molecule has 1 aliphatic rings. The highest BCUT2D eigenvalue weighted by Gasteiger charge is 2.33. The van der Waals surface area contributed by atoms with Gasteiger partial charge in [0.2, 0.25) is 0 Å². The molecule has 0 saturated carbocycles. The van der Waals surface area contributed by atoms with Crippen LogP contribution in [0.2, 0.25) is 0 Å². The fourth-order valence-electron chi connectivity index (χ4n) is 3.55. The van der Waals surface area contributed by atoms with Gasteiger partial charge in [0.1, 0.15) is 5.75 Å². The van der Waals surface area contributed by atoms with Crippen molar-refractivity contribution in [3.8, 4) is 5.75 Å². The molecular formula is C22H18N2O4. The smallest absolute Gasteiger partial charge is 0.410 e. The number of nitro benzene ring substituents is 1. The number of fused-ring (bicyclic) bond motifs is 1. The Balaban J connectivity index is 1.63. The number of benzene rings is 3. The molecule has 140 valence electrons.